The predicted molar refractivity (Wildman–Crippen MR) is 60.3 cm³/mol. The number of hydroxylamine groups is 2. The van der Waals surface area contributed by atoms with E-state index in [0.29, 0.717) is 6.42 Å². The average Bonchev–Trinajstić information content (AvgIpc) is 2.21. The number of unbranched alkanes of at least 4 members (excludes halogenated alkanes) is 4. The summed E-state index contributed by atoms with van der Waals surface area (Å²) in [6.45, 7) is 0. The molecule has 1 unspecified atom stereocenters. The van der Waals surface area contributed by atoms with E-state index in [4.69, 9.17) is 10.4 Å². The van der Waals surface area contributed by atoms with Gasteiger partial charge in [0.2, 0.25) is 0 Å². The molecule has 0 saturated heterocycles. The zero-order valence-electron chi connectivity index (χ0n) is 9.59. The molecule has 6 heteroatoms. The van der Waals surface area contributed by atoms with Crippen LogP contribution in [0.4, 0.5) is 0 Å². The third kappa shape index (κ3) is 7.92. The Morgan fingerprint density at radius 2 is 1.81 bits per heavy atom. The van der Waals surface area contributed by atoms with Crippen LogP contribution in [0.5, 0.6) is 0 Å². The van der Waals surface area contributed by atoms with Gasteiger partial charge in [-0.3, -0.25) is 10.4 Å². The molecular formula is C10H20NO4S-. The molecule has 2 N–H and O–H groups in total. The number of carboxylic acids is 1. The first-order valence-corrected chi connectivity index (χ1v) is 6.85. The first-order chi connectivity index (χ1) is 7.59. The number of nitrogens with zero attached hydrogens (tertiary/aromatic N) is 1. The minimum Gasteiger partial charge on any atom is -0.548 e. The fraction of sp³-hybridized carbons (Fsp3) is 0.900. The van der Waals surface area contributed by atoms with Crippen molar-refractivity contribution in [1.82, 2.24) is 5.23 Å². The van der Waals surface area contributed by atoms with Gasteiger partial charge >= 0.3 is 0 Å². The third-order valence-electron chi connectivity index (χ3n) is 2.38. The molecule has 0 aromatic carbocycles. The standard InChI is InChI=1S/C10H21NO4S/c1-16-8-6-4-2-3-5-7-9(10(12)13)11(14)15/h9,14-15H,2-8H2,1H3,(H,12,13)/p-1. The fourth-order valence-electron chi connectivity index (χ4n) is 1.44. The lowest BCUT2D eigenvalue weighted by Crippen LogP contribution is -2.45. The lowest BCUT2D eigenvalue weighted by Gasteiger charge is -2.20. The van der Waals surface area contributed by atoms with Crippen LogP contribution in [0.2, 0.25) is 0 Å². The van der Waals surface area contributed by atoms with Crippen LogP contribution < -0.4 is 5.11 Å². The molecule has 0 amide bonds. The van der Waals surface area contributed by atoms with Crippen LogP contribution in [0.15, 0.2) is 0 Å². The van der Waals surface area contributed by atoms with Crippen molar-refractivity contribution in [2.45, 2.75) is 44.6 Å². The summed E-state index contributed by atoms with van der Waals surface area (Å²) in [5, 5.41) is 27.4. The second-order valence-electron chi connectivity index (χ2n) is 3.70. The van der Waals surface area contributed by atoms with E-state index in [1.54, 1.807) is 0 Å². The summed E-state index contributed by atoms with van der Waals surface area (Å²) in [6, 6.07) is -1.31. The molecule has 96 valence electrons. The topological polar surface area (TPSA) is 83.8 Å². The van der Waals surface area contributed by atoms with Crippen molar-refractivity contribution in [3.63, 3.8) is 0 Å². The molecule has 0 aromatic rings. The molecule has 1 atom stereocenters. The van der Waals surface area contributed by atoms with E-state index in [0.717, 1.165) is 25.0 Å². The van der Waals surface area contributed by atoms with Gasteiger partial charge in [0, 0.05) is 0 Å². The second-order valence-corrected chi connectivity index (χ2v) is 4.69. The molecule has 0 aliphatic rings. The first kappa shape index (κ1) is 15.7. The molecule has 0 fully saturated rings. The highest BCUT2D eigenvalue weighted by Gasteiger charge is 2.15. The zero-order chi connectivity index (χ0) is 12.4. The van der Waals surface area contributed by atoms with Crippen molar-refractivity contribution in [2.75, 3.05) is 12.0 Å². The third-order valence-corrected chi connectivity index (χ3v) is 3.07. The number of hydrogen-bond donors (Lipinski definition) is 2. The smallest absolute Gasteiger partial charge is 0.102 e. The van der Waals surface area contributed by atoms with E-state index in [1.807, 2.05) is 11.8 Å². The lowest BCUT2D eigenvalue weighted by molar-refractivity contribution is -0.364. The minimum atomic E-state index is -1.45. The van der Waals surface area contributed by atoms with Gasteiger partial charge in [-0.15, -0.1) is 0 Å². The van der Waals surface area contributed by atoms with Crippen molar-refractivity contribution in [3.05, 3.63) is 0 Å². The molecule has 0 aromatic heterocycles. The van der Waals surface area contributed by atoms with Crippen molar-refractivity contribution < 1.29 is 20.3 Å². The van der Waals surface area contributed by atoms with Crippen LogP contribution in [-0.2, 0) is 4.79 Å². The van der Waals surface area contributed by atoms with Crippen molar-refractivity contribution in [1.29, 1.82) is 0 Å². The van der Waals surface area contributed by atoms with Crippen molar-refractivity contribution in [2.24, 2.45) is 0 Å². The Morgan fingerprint density at radius 3 is 2.31 bits per heavy atom. The van der Waals surface area contributed by atoms with E-state index in [2.05, 4.69) is 6.26 Å². The molecule has 0 spiro atoms. The number of aliphatic carboxylic acids is 1. The molecule has 5 nitrogen and oxygen atoms in total. The monoisotopic (exact) mass is 250 g/mol. The zero-order valence-corrected chi connectivity index (χ0v) is 10.4. The van der Waals surface area contributed by atoms with Gasteiger partial charge < -0.3 is 9.90 Å². The Balaban J connectivity index is 3.45. The quantitative estimate of drug-likeness (QED) is 0.442. The molecule has 0 saturated carbocycles. The number of carbonyl (C=O) groups is 1. The normalized spacial score (nSPS) is 13.0. The van der Waals surface area contributed by atoms with Gasteiger partial charge in [-0.25, -0.2) is 0 Å². The molecule has 0 aliphatic carbocycles. The Bertz CT molecular complexity index is 190. The van der Waals surface area contributed by atoms with Crippen LogP contribution in [0.3, 0.4) is 0 Å². The molecular weight excluding hydrogens is 230 g/mol. The number of rotatable bonds is 10. The highest BCUT2D eigenvalue weighted by Crippen LogP contribution is 2.10. The first-order valence-electron chi connectivity index (χ1n) is 5.46. The lowest BCUT2D eigenvalue weighted by atomic mass is 10.1. The SMILES string of the molecule is CSCCCCCCCC(C(=O)[O-])N(O)O. The van der Waals surface area contributed by atoms with Crippen LogP contribution in [0, 0.1) is 0 Å². The highest BCUT2D eigenvalue weighted by molar-refractivity contribution is 7.98. The Kier molecular flexibility index (Phi) is 9.71. The maximum atomic E-state index is 10.5. The number of carbonyl (C=O) groups excluding carboxylic acids is 1. The summed E-state index contributed by atoms with van der Waals surface area (Å²) < 4.78 is 0. The van der Waals surface area contributed by atoms with Crippen LogP contribution >= 0.6 is 11.8 Å². The molecule has 0 aliphatic heterocycles. The van der Waals surface area contributed by atoms with Gasteiger partial charge in [0.1, 0.15) is 6.04 Å². The molecule has 0 rings (SSSR count). The van der Waals surface area contributed by atoms with Crippen LogP contribution in [0.25, 0.3) is 0 Å². The maximum absolute atomic E-state index is 10.5. The van der Waals surface area contributed by atoms with Gasteiger partial charge in [-0.1, -0.05) is 30.9 Å². The summed E-state index contributed by atoms with van der Waals surface area (Å²) >= 11 is 1.82. The number of hydrogen-bond acceptors (Lipinski definition) is 6. The van der Waals surface area contributed by atoms with E-state index in [9.17, 15) is 9.90 Å². The van der Waals surface area contributed by atoms with Gasteiger partial charge in [0.25, 0.3) is 0 Å². The number of carboxylic acid groups (broad SMARTS) is 1. The van der Waals surface area contributed by atoms with E-state index < -0.39 is 12.0 Å². The summed E-state index contributed by atoms with van der Waals surface area (Å²) in [4.78, 5) is 10.5. The number of thioether (sulfide) groups is 1. The van der Waals surface area contributed by atoms with Gasteiger partial charge in [-0.05, 0) is 24.9 Å². The van der Waals surface area contributed by atoms with Crippen LogP contribution in [0.1, 0.15) is 38.5 Å². The summed E-state index contributed by atoms with van der Waals surface area (Å²) in [7, 11) is 0. The Morgan fingerprint density at radius 1 is 1.25 bits per heavy atom. The van der Waals surface area contributed by atoms with E-state index in [-0.39, 0.29) is 11.6 Å². The second kappa shape index (κ2) is 9.89. The molecule has 0 heterocycles. The van der Waals surface area contributed by atoms with E-state index >= 15 is 0 Å². The maximum Gasteiger partial charge on any atom is 0.102 e. The Hall–Kier alpha value is -0.300. The van der Waals surface area contributed by atoms with Gasteiger partial charge in [0.05, 0.1) is 5.97 Å². The summed E-state index contributed by atoms with van der Waals surface area (Å²) in [5.74, 6) is -0.296. The molecule has 0 radical (unpaired) electrons. The molecule has 16 heavy (non-hydrogen) atoms. The molecule has 0 bridgehead atoms. The summed E-state index contributed by atoms with van der Waals surface area (Å²) in [6.07, 6.45) is 7.22. The van der Waals surface area contributed by atoms with Crippen molar-refractivity contribution >= 4 is 17.7 Å². The van der Waals surface area contributed by atoms with Gasteiger partial charge in [-0.2, -0.15) is 11.8 Å². The van der Waals surface area contributed by atoms with E-state index in [1.165, 1.54) is 6.42 Å². The fourth-order valence-corrected chi connectivity index (χ4v) is 1.93. The highest BCUT2D eigenvalue weighted by atomic mass is 32.2. The average molecular weight is 250 g/mol. The Labute approximate surface area is 100 Å². The van der Waals surface area contributed by atoms with Crippen LogP contribution in [-0.4, -0.2) is 39.7 Å². The predicted octanol–water partition coefficient (Wildman–Crippen LogP) is 0.889. The van der Waals surface area contributed by atoms with Gasteiger partial charge in [0.15, 0.2) is 0 Å². The van der Waals surface area contributed by atoms with Crippen molar-refractivity contribution in [3.8, 4) is 0 Å². The minimum absolute atomic E-state index is 0.206. The largest absolute Gasteiger partial charge is 0.548 e. The summed E-state index contributed by atoms with van der Waals surface area (Å²) in [5.41, 5.74) is 0.